The van der Waals surface area contributed by atoms with E-state index in [1.165, 1.54) is 6.20 Å². The third-order valence-corrected chi connectivity index (χ3v) is 8.54. The zero-order valence-electron chi connectivity index (χ0n) is 22.4. The molecule has 0 saturated heterocycles. The maximum atomic E-state index is 12.5. The van der Waals surface area contributed by atoms with Crippen LogP contribution in [-0.4, -0.2) is 58.6 Å². The van der Waals surface area contributed by atoms with Gasteiger partial charge in [0, 0.05) is 25.5 Å². The van der Waals surface area contributed by atoms with E-state index in [0.29, 0.717) is 38.3 Å². The molecule has 0 amide bonds. The highest BCUT2D eigenvalue weighted by molar-refractivity contribution is 8.22. The molecule has 0 fully saturated rings. The first kappa shape index (κ1) is 28.0. The van der Waals surface area contributed by atoms with Crippen molar-refractivity contribution in [2.75, 3.05) is 13.2 Å². The number of fused-ring (bicyclic) bond motifs is 1. The summed E-state index contributed by atoms with van der Waals surface area (Å²) in [4.78, 5) is 16.7. The summed E-state index contributed by atoms with van der Waals surface area (Å²) >= 11 is 0. The summed E-state index contributed by atoms with van der Waals surface area (Å²) < 4.78 is 37.2. The van der Waals surface area contributed by atoms with Gasteiger partial charge >= 0.3 is 5.97 Å². The van der Waals surface area contributed by atoms with Crippen LogP contribution in [0.25, 0.3) is 0 Å². The third kappa shape index (κ3) is 6.52. The number of esters is 1. The predicted molar refractivity (Wildman–Crippen MR) is 145 cm³/mol. The van der Waals surface area contributed by atoms with E-state index in [1.54, 1.807) is 28.0 Å². The number of benzene rings is 1. The van der Waals surface area contributed by atoms with E-state index in [1.807, 2.05) is 39.1 Å². The molecule has 38 heavy (non-hydrogen) atoms. The van der Waals surface area contributed by atoms with Crippen LogP contribution in [-0.2, 0) is 29.0 Å². The summed E-state index contributed by atoms with van der Waals surface area (Å²) in [7, 11) is -3.37. The lowest BCUT2D eigenvalue weighted by Gasteiger charge is -2.40. The summed E-state index contributed by atoms with van der Waals surface area (Å²) in [5.74, 6) is 0.0592. The summed E-state index contributed by atoms with van der Waals surface area (Å²) in [6, 6.07) is 9.55. The van der Waals surface area contributed by atoms with Gasteiger partial charge in [-0.15, -0.1) is 5.10 Å². The van der Waals surface area contributed by atoms with Crippen molar-refractivity contribution in [1.29, 1.82) is 0 Å². The molecular weight excluding hydrogens is 506 g/mol. The Bertz CT molecular complexity index is 1250. The highest BCUT2D eigenvalue weighted by Crippen LogP contribution is 2.56. The van der Waals surface area contributed by atoms with Gasteiger partial charge in [-0.1, -0.05) is 34.2 Å². The first-order valence-corrected chi connectivity index (χ1v) is 14.5. The van der Waals surface area contributed by atoms with Crippen molar-refractivity contribution in [2.24, 2.45) is 0 Å². The van der Waals surface area contributed by atoms with E-state index in [9.17, 15) is 13.9 Å². The number of ether oxygens (including phenoxy) is 2. The molecule has 1 aliphatic heterocycles. The van der Waals surface area contributed by atoms with Gasteiger partial charge in [0.15, 0.2) is 5.75 Å². The standard InChI is InChI=1S/C27H37N5O5S/c1-5-31-18-24(29-30-31)12-11-22(15-26(33)36-6-2)21-10-9-19(3)23(14-21)17-32-16-20(4)37-25-8-7-13-28-27(25)38(32,34)35/h7-10,13-14,18,20,22,34-35H,5-6,11-12,15-17H2,1-4H3/t20-,22?/m1/s1. The number of carbonyl (C=O) groups excluding carboxylic acids is 1. The molecule has 2 atom stereocenters. The Balaban J connectivity index is 1.60. The van der Waals surface area contributed by atoms with Crippen LogP contribution in [0.1, 0.15) is 61.9 Å². The number of hydrogen-bond donors (Lipinski definition) is 2. The molecule has 1 aliphatic rings. The number of carbonyl (C=O) groups is 1. The highest BCUT2D eigenvalue weighted by atomic mass is 32.3. The van der Waals surface area contributed by atoms with Crippen molar-refractivity contribution in [1.82, 2.24) is 24.3 Å². The molecule has 3 heterocycles. The second-order valence-electron chi connectivity index (χ2n) is 9.57. The number of aromatic nitrogens is 4. The largest absolute Gasteiger partial charge is 0.486 e. The number of rotatable bonds is 10. The summed E-state index contributed by atoms with van der Waals surface area (Å²) in [6.07, 6.45) is 4.83. The van der Waals surface area contributed by atoms with Gasteiger partial charge in [-0.3, -0.25) is 18.6 Å². The van der Waals surface area contributed by atoms with Crippen LogP contribution >= 0.6 is 10.8 Å². The molecule has 1 unspecified atom stereocenters. The molecule has 0 saturated carbocycles. The Morgan fingerprint density at radius 3 is 2.84 bits per heavy atom. The average molecular weight is 544 g/mol. The summed E-state index contributed by atoms with van der Waals surface area (Å²) in [5, 5.41) is 8.52. The number of pyridine rings is 1. The lowest BCUT2D eigenvalue weighted by Crippen LogP contribution is -2.33. The second kappa shape index (κ2) is 12.2. The highest BCUT2D eigenvalue weighted by Gasteiger charge is 2.35. The van der Waals surface area contributed by atoms with Crippen LogP contribution in [0, 0.1) is 6.92 Å². The first-order chi connectivity index (χ1) is 18.2. The molecule has 1 aromatic carbocycles. The fraction of sp³-hybridized carbons (Fsp3) is 0.481. The van der Waals surface area contributed by atoms with Crippen molar-refractivity contribution in [2.45, 2.75) is 77.1 Å². The molecule has 0 bridgehead atoms. The number of aryl methyl sites for hydroxylation is 3. The average Bonchev–Trinajstić information content (AvgIpc) is 3.32. The van der Waals surface area contributed by atoms with Gasteiger partial charge in [-0.2, -0.15) is 4.31 Å². The van der Waals surface area contributed by atoms with E-state index < -0.39 is 10.8 Å². The lowest BCUT2D eigenvalue weighted by atomic mass is 9.88. The minimum absolute atomic E-state index is 0.0886. The minimum Gasteiger partial charge on any atom is -0.486 e. The predicted octanol–water partition coefficient (Wildman–Crippen LogP) is 4.98. The van der Waals surface area contributed by atoms with Gasteiger partial charge in [0.2, 0.25) is 5.03 Å². The van der Waals surface area contributed by atoms with Gasteiger partial charge < -0.3 is 9.47 Å². The van der Waals surface area contributed by atoms with Gasteiger partial charge in [0.05, 0.1) is 25.3 Å². The van der Waals surface area contributed by atoms with Crippen molar-refractivity contribution in [3.05, 3.63) is 65.1 Å². The van der Waals surface area contributed by atoms with E-state index in [-0.39, 0.29) is 29.4 Å². The second-order valence-corrected chi connectivity index (χ2v) is 11.5. The van der Waals surface area contributed by atoms with Gasteiger partial charge in [-0.05, 0) is 75.3 Å². The van der Waals surface area contributed by atoms with Gasteiger partial charge in [0.25, 0.3) is 0 Å². The smallest absolute Gasteiger partial charge is 0.306 e. The fourth-order valence-electron chi connectivity index (χ4n) is 4.64. The Labute approximate surface area is 225 Å². The van der Waals surface area contributed by atoms with E-state index in [2.05, 4.69) is 21.4 Å². The van der Waals surface area contributed by atoms with Crippen LogP contribution in [0.3, 0.4) is 0 Å². The third-order valence-electron chi connectivity index (χ3n) is 6.71. The normalized spacial score (nSPS) is 18.6. The van der Waals surface area contributed by atoms with Crippen molar-refractivity contribution in [3.63, 3.8) is 0 Å². The van der Waals surface area contributed by atoms with Crippen molar-refractivity contribution >= 4 is 16.7 Å². The number of hydrogen-bond acceptors (Lipinski definition) is 9. The monoisotopic (exact) mass is 543 g/mol. The Hall–Kier alpha value is -2.99. The molecule has 206 valence electrons. The maximum Gasteiger partial charge on any atom is 0.306 e. The van der Waals surface area contributed by atoms with Crippen LogP contribution in [0.15, 0.2) is 47.8 Å². The summed E-state index contributed by atoms with van der Waals surface area (Å²) in [5.41, 5.74) is 3.84. The van der Waals surface area contributed by atoms with Gasteiger partial charge in [-0.25, -0.2) is 4.98 Å². The van der Waals surface area contributed by atoms with Crippen LogP contribution in [0.4, 0.5) is 0 Å². The molecule has 2 aromatic heterocycles. The van der Waals surface area contributed by atoms with Crippen LogP contribution in [0.5, 0.6) is 5.75 Å². The van der Waals surface area contributed by atoms with E-state index in [4.69, 9.17) is 9.47 Å². The molecule has 10 nitrogen and oxygen atoms in total. The van der Waals surface area contributed by atoms with Crippen molar-refractivity contribution < 1.29 is 23.4 Å². The van der Waals surface area contributed by atoms with Crippen LogP contribution < -0.4 is 4.74 Å². The molecule has 2 N–H and O–H groups in total. The van der Waals surface area contributed by atoms with Gasteiger partial charge in [0.1, 0.15) is 6.10 Å². The molecule has 0 aliphatic carbocycles. The quantitative estimate of drug-likeness (QED) is 0.341. The maximum absolute atomic E-state index is 12.5. The SMILES string of the molecule is CCOC(=O)CC(CCc1cn(CC)nn1)c1ccc(C)c(CN2C[C@@H](C)Oc3cccnc3S2(O)O)c1. The number of nitrogens with zero attached hydrogens (tertiary/aromatic N) is 5. The molecule has 0 radical (unpaired) electrons. The van der Waals surface area contributed by atoms with E-state index >= 15 is 0 Å². The zero-order valence-corrected chi connectivity index (χ0v) is 23.2. The Morgan fingerprint density at radius 1 is 1.29 bits per heavy atom. The zero-order chi connectivity index (χ0) is 27.3. The molecule has 4 rings (SSSR count). The van der Waals surface area contributed by atoms with Crippen LogP contribution in [0.2, 0.25) is 0 Å². The topological polar surface area (TPSA) is 123 Å². The Kier molecular flexibility index (Phi) is 9.03. The summed E-state index contributed by atoms with van der Waals surface area (Å²) in [6.45, 7) is 9.41. The lowest BCUT2D eigenvalue weighted by molar-refractivity contribution is -0.143. The molecular formula is C27H37N5O5S. The first-order valence-electron chi connectivity index (χ1n) is 13.0. The Morgan fingerprint density at radius 2 is 2.11 bits per heavy atom. The fourth-order valence-corrected chi connectivity index (χ4v) is 6.21. The van der Waals surface area contributed by atoms with E-state index in [0.717, 1.165) is 28.9 Å². The molecule has 0 spiro atoms. The van der Waals surface area contributed by atoms with Crippen molar-refractivity contribution in [3.8, 4) is 5.75 Å². The molecule has 3 aromatic rings. The minimum atomic E-state index is -3.37. The molecule has 11 heteroatoms.